The van der Waals surface area contributed by atoms with Gasteiger partial charge in [-0.05, 0) is 26.0 Å². The van der Waals surface area contributed by atoms with Gasteiger partial charge in [0.2, 0.25) is 0 Å². The molecule has 1 aliphatic heterocycles. The van der Waals surface area contributed by atoms with Crippen molar-refractivity contribution in [2.75, 3.05) is 5.73 Å². The maximum absolute atomic E-state index is 5.81. The number of nitrogens with two attached hydrogens (primary N) is 1. The largest absolute Gasteiger partial charge is 0.487 e. The van der Waals surface area contributed by atoms with Gasteiger partial charge in [0, 0.05) is 17.7 Å². The third kappa shape index (κ3) is 1.04. The number of nitrogen functional groups attached to an aromatic ring is 1. The van der Waals surface area contributed by atoms with Gasteiger partial charge >= 0.3 is 0 Å². The van der Waals surface area contributed by atoms with Gasteiger partial charge in [-0.15, -0.1) is 0 Å². The highest BCUT2D eigenvalue weighted by Crippen LogP contribution is 2.37. The second kappa shape index (κ2) is 2.16. The Morgan fingerprint density at radius 2 is 2.17 bits per heavy atom. The smallest absolute Gasteiger partial charge is 0.125 e. The van der Waals surface area contributed by atoms with Gasteiger partial charge in [-0.2, -0.15) is 0 Å². The number of hydrogen-bond acceptors (Lipinski definition) is 2. The molecule has 2 rings (SSSR count). The second-order valence-electron chi connectivity index (χ2n) is 3.86. The molecule has 0 aromatic heterocycles. The quantitative estimate of drug-likeness (QED) is 0.593. The predicted molar refractivity (Wildman–Crippen MR) is 49.3 cm³/mol. The Kier molecular flexibility index (Phi) is 1.34. The van der Waals surface area contributed by atoms with Crippen molar-refractivity contribution in [1.29, 1.82) is 0 Å². The van der Waals surface area contributed by atoms with Crippen molar-refractivity contribution < 1.29 is 4.74 Å². The first kappa shape index (κ1) is 7.47. The molecule has 0 saturated heterocycles. The molecule has 0 spiro atoms. The lowest BCUT2D eigenvalue weighted by Gasteiger charge is -2.16. The highest BCUT2D eigenvalue weighted by Gasteiger charge is 2.30. The minimum atomic E-state index is -0.0855. The minimum Gasteiger partial charge on any atom is -0.487 e. The molecule has 1 aromatic rings. The summed E-state index contributed by atoms with van der Waals surface area (Å²) in [7, 11) is 0. The molecule has 0 fully saturated rings. The molecule has 2 heteroatoms. The van der Waals surface area contributed by atoms with E-state index >= 15 is 0 Å². The van der Waals surface area contributed by atoms with E-state index < -0.39 is 0 Å². The van der Waals surface area contributed by atoms with Crippen LogP contribution in [-0.2, 0) is 6.42 Å². The van der Waals surface area contributed by atoms with Crippen LogP contribution in [0.15, 0.2) is 18.2 Å². The molecule has 1 aromatic carbocycles. The van der Waals surface area contributed by atoms with Gasteiger partial charge in [0.25, 0.3) is 0 Å². The van der Waals surface area contributed by atoms with Crippen molar-refractivity contribution in [3.05, 3.63) is 23.8 Å². The second-order valence-corrected chi connectivity index (χ2v) is 3.86. The summed E-state index contributed by atoms with van der Waals surface area (Å²) in [6.45, 7) is 4.15. The molecule has 0 aliphatic carbocycles. The van der Waals surface area contributed by atoms with Crippen LogP contribution < -0.4 is 10.5 Å². The fourth-order valence-corrected chi connectivity index (χ4v) is 1.63. The fraction of sp³-hybridized carbons (Fsp3) is 0.400. The Morgan fingerprint density at radius 1 is 1.42 bits per heavy atom. The molecule has 1 aliphatic rings. The van der Waals surface area contributed by atoms with Crippen molar-refractivity contribution in [3.8, 4) is 5.75 Å². The molecule has 12 heavy (non-hydrogen) atoms. The highest BCUT2D eigenvalue weighted by atomic mass is 16.5. The zero-order valence-electron chi connectivity index (χ0n) is 7.42. The minimum absolute atomic E-state index is 0.0855. The van der Waals surface area contributed by atoms with Crippen molar-refractivity contribution in [3.63, 3.8) is 0 Å². The highest BCUT2D eigenvalue weighted by molar-refractivity contribution is 5.56. The van der Waals surface area contributed by atoms with Crippen LogP contribution >= 0.6 is 0 Å². The summed E-state index contributed by atoms with van der Waals surface area (Å²) in [5.41, 5.74) is 7.73. The summed E-state index contributed by atoms with van der Waals surface area (Å²) in [6.07, 6.45) is 0.912. The first-order chi connectivity index (χ1) is 5.58. The molecule has 0 radical (unpaired) electrons. The lowest BCUT2D eigenvalue weighted by Crippen LogP contribution is -2.24. The third-order valence-electron chi connectivity index (χ3n) is 2.16. The van der Waals surface area contributed by atoms with E-state index in [1.54, 1.807) is 0 Å². The van der Waals surface area contributed by atoms with Crippen LogP contribution in [0.25, 0.3) is 0 Å². The van der Waals surface area contributed by atoms with Crippen LogP contribution in [0.2, 0.25) is 0 Å². The van der Waals surface area contributed by atoms with Crippen LogP contribution in [0.4, 0.5) is 5.69 Å². The first-order valence-corrected chi connectivity index (χ1v) is 4.15. The lowest BCUT2D eigenvalue weighted by atomic mass is 10.0. The van der Waals surface area contributed by atoms with E-state index in [1.165, 1.54) is 0 Å². The summed E-state index contributed by atoms with van der Waals surface area (Å²) in [5, 5.41) is 0. The van der Waals surface area contributed by atoms with Crippen LogP contribution in [0, 0.1) is 0 Å². The fourth-order valence-electron chi connectivity index (χ4n) is 1.63. The van der Waals surface area contributed by atoms with Crippen molar-refractivity contribution in [2.24, 2.45) is 0 Å². The first-order valence-electron chi connectivity index (χ1n) is 4.15. The molecule has 0 bridgehead atoms. The number of benzene rings is 1. The summed E-state index contributed by atoms with van der Waals surface area (Å²) in [4.78, 5) is 0. The molecule has 0 amide bonds. The predicted octanol–water partition coefficient (Wildman–Crippen LogP) is 1.98. The molecular weight excluding hydrogens is 150 g/mol. The normalized spacial score (nSPS) is 18.5. The Bertz CT molecular complexity index is 318. The van der Waals surface area contributed by atoms with E-state index in [-0.39, 0.29) is 5.60 Å². The van der Waals surface area contributed by atoms with E-state index in [1.807, 2.05) is 18.2 Å². The maximum atomic E-state index is 5.81. The molecule has 2 nitrogen and oxygen atoms in total. The maximum Gasteiger partial charge on any atom is 0.125 e. The summed E-state index contributed by atoms with van der Waals surface area (Å²) < 4.78 is 5.70. The van der Waals surface area contributed by atoms with Crippen molar-refractivity contribution in [2.45, 2.75) is 25.9 Å². The zero-order chi connectivity index (χ0) is 8.77. The monoisotopic (exact) mass is 163 g/mol. The number of rotatable bonds is 0. The van der Waals surface area contributed by atoms with E-state index in [9.17, 15) is 0 Å². The average Bonchev–Trinajstić information content (AvgIpc) is 2.25. The van der Waals surface area contributed by atoms with Crippen molar-refractivity contribution in [1.82, 2.24) is 0 Å². The van der Waals surface area contributed by atoms with E-state index in [4.69, 9.17) is 10.5 Å². The van der Waals surface area contributed by atoms with Gasteiger partial charge < -0.3 is 10.5 Å². The number of ether oxygens (including phenoxy) is 1. The molecule has 2 N–H and O–H groups in total. The number of anilines is 1. The van der Waals surface area contributed by atoms with Crippen molar-refractivity contribution >= 4 is 5.69 Å². The van der Waals surface area contributed by atoms with Gasteiger partial charge in [-0.1, -0.05) is 6.07 Å². The van der Waals surface area contributed by atoms with Crippen LogP contribution in [0.1, 0.15) is 19.4 Å². The number of hydrogen-bond donors (Lipinski definition) is 1. The van der Waals surface area contributed by atoms with E-state index in [0.29, 0.717) is 0 Å². The van der Waals surface area contributed by atoms with Gasteiger partial charge in [0.1, 0.15) is 11.4 Å². The summed E-state index contributed by atoms with van der Waals surface area (Å²) >= 11 is 0. The Hall–Kier alpha value is -1.18. The lowest BCUT2D eigenvalue weighted by molar-refractivity contribution is 0.138. The van der Waals surface area contributed by atoms with Gasteiger partial charge in [-0.3, -0.25) is 0 Å². The van der Waals surface area contributed by atoms with Gasteiger partial charge in [0.15, 0.2) is 0 Å². The third-order valence-corrected chi connectivity index (χ3v) is 2.16. The van der Waals surface area contributed by atoms with Crippen LogP contribution in [0.5, 0.6) is 5.75 Å². The zero-order valence-corrected chi connectivity index (χ0v) is 7.42. The van der Waals surface area contributed by atoms with Crippen LogP contribution in [-0.4, -0.2) is 5.60 Å². The molecule has 0 unspecified atom stereocenters. The Balaban J connectivity index is 2.48. The summed E-state index contributed by atoms with van der Waals surface area (Å²) in [6, 6.07) is 5.82. The van der Waals surface area contributed by atoms with Crippen LogP contribution in [0.3, 0.4) is 0 Å². The Labute approximate surface area is 72.3 Å². The molecule has 1 heterocycles. The topological polar surface area (TPSA) is 35.2 Å². The van der Waals surface area contributed by atoms with Gasteiger partial charge in [0.05, 0.1) is 0 Å². The molecular formula is C10H13NO. The summed E-state index contributed by atoms with van der Waals surface area (Å²) in [5.74, 6) is 0.944. The number of fused-ring (bicyclic) bond motifs is 1. The van der Waals surface area contributed by atoms with E-state index in [0.717, 1.165) is 23.4 Å². The van der Waals surface area contributed by atoms with Gasteiger partial charge in [-0.25, -0.2) is 0 Å². The average molecular weight is 163 g/mol. The molecule has 0 saturated carbocycles. The Morgan fingerprint density at radius 3 is 2.83 bits per heavy atom. The van der Waals surface area contributed by atoms with E-state index in [2.05, 4.69) is 13.8 Å². The standard InChI is InChI=1S/C10H13NO/c1-10(2)6-7-8(11)4-3-5-9(7)12-10/h3-5H,6,11H2,1-2H3. The SMILES string of the molecule is CC1(C)Cc2c(N)cccc2O1. The molecule has 0 atom stereocenters. The molecule has 64 valence electrons.